The Balaban J connectivity index is 0.00000461. The zero-order valence-corrected chi connectivity index (χ0v) is 26.8. The molecule has 5 heterocycles. The number of hydrogen-bond donors (Lipinski definition) is 0. The monoisotopic (exact) mass is 650 g/mol. The molecule has 0 fully saturated rings. The second kappa shape index (κ2) is 13.6. The van der Waals surface area contributed by atoms with E-state index in [2.05, 4.69) is 0 Å². The largest absolute Gasteiger partial charge is 2.00 e. The van der Waals surface area contributed by atoms with Crippen LogP contribution in [0.25, 0.3) is 12.2 Å². The molecule has 234 valence electrons. The molecule has 0 aliphatic carbocycles. The molecule has 11 heteroatoms. The van der Waals surface area contributed by atoms with E-state index in [-0.39, 0.29) is 41.3 Å². The third kappa shape index (κ3) is 6.31. The van der Waals surface area contributed by atoms with Gasteiger partial charge in [-0.1, -0.05) is 23.3 Å². The van der Waals surface area contributed by atoms with E-state index in [1.54, 1.807) is 19.1 Å². The Kier molecular flexibility index (Phi) is 10.0. The second-order valence-electron chi connectivity index (χ2n) is 10.8. The van der Waals surface area contributed by atoms with E-state index in [0.29, 0.717) is 80.1 Å². The summed E-state index contributed by atoms with van der Waals surface area (Å²) in [6.45, 7) is 7.47. The number of hydrogen-bond acceptors (Lipinski definition) is 9. The number of methoxy groups -OCH3 is 2. The van der Waals surface area contributed by atoms with Gasteiger partial charge in [0.05, 0.1) is 48.4 Å². The molecule has 8 bridgehead atoms. The van der Waals surface area contributed by atoms with Crippen molar-refractivity contribution in [1.29, 1.82) is 0 Å². The molecule has 1 aromatic rings. The fourth-order valence-corrected chi connectivity index (χ4v) is 5.59. The number of aliphatic imine (C=N–C) groups is 3. The molecule has 4 aliphatic rings. The van der Waals surface area contributed by atoms with E-state index >= 15 is 0 Å². The number of aldehydes is 1. The van der Waals surface area contributed by atoms with Crippen LogP contribution in [0, 0.1) is 6.92 Å². The van der Waals surface area contributed by atoms with Crippen LogP contribution >= 0.6 is 0 Å². The van der Waals surface area contributed by atoms with Gasteiger partial charge in [-0.25, -0.2) is 15.0 Å². The first-order valence-corrected chi connectivity index (χ1v) is 14.2. The number of carbonyl (C=O) groups is 3. The van der Waals surface area contributed by atoms with E-state index < -0.39 is 0 Å². The summed E-state index contributed by atoms with van der Waals surface area (Å²) in [5.74, 6) is -0.688. The minimum atomic E-state index is -0.346. The molecule has 0 saturated heterocycles. The number of aromatic nitrogens is 1. The molecule has 1 aromatic heterocycles. The first-order chi connectivity index (χ1) is 21.1. The Labute approximate surface area is 270 Å². The summed E-state index contributed by atoms with van der Waals surface area (Å²) in [6.07, 6.45) is 9.76. The molecule has 4 aliphatic heterocycles. The standard InChI is InChI=1S/C34H34N4O6.Ni/c1-17-21(7-9-33(41)43-5)29-14-30-22(8-10-34(42)44-6)18(2)27(36-30)12-31-24(16-40)20(4)28(38-31)13-32-23(15-39)19(3)26(37-32)11-25(17)35-29;/h11-16H,7-10H2,1-6H3,(H2,35,36,37,38,39,40);/q;+2/p-2. The SMILES string of the molecule is COC(=O)CCC1=C(C)C2=CC3=NC(=C(C)/C3=C\[O-])C=C3N=C(C=c4[n-]c(c(CCC(=O)OC)c4C)=CC1=N2)C(C)=C3C=O.[Ni+2]. The fraction of sp³-hybridized carbons (Fsp3) is 0.294. The average Bonchev–Trinajstić information content (AvgIpc) is 3.67. The summed E-state index contributed by atoms with van der Waals surface area (Å²) in [5, 5.41) is 13.5. The molecule has 10 nitrogen and oxygen atoms in total. The van der Waals surface area contributed by atoms with Gasteiger partial charge in [0.15, 0.2) is 6.29 Å². The van der Waals surface area contributed by atoms with Crippen LogP contribution < -0.4 is 20.8 Å². The molecule has 0 radical (unpaired) electrons. The molecule has 0 unspecified atom stereocenters. The van der Waals surface area contributed by atoms with Gasteiger partial charge in [0.2, 0.25) is 0 Å². The number of fused-ring (bicyclic) bond motifs is 5. The Bertz CT molecular complexity index is 1920. The molecular formula is C34H32N4NiO6. The Morgan fingerprint density at radius 1 is 0.800 bits per heavy atom. The van der Waals surface area contributed by atoms with Crippen molar-refractivity contribution >= 4 is 47.5 Å². The molecular weight excluding hydrogens is 619 g/mol. The van der Waals surface area contributed by atoms with Crippen molar-refractivity contribution < 1.29 is 45.5 Å². The predicted octanol–water partition coefficient (Wildman–Crippen LogP) is 2.06. The molecule has 0 atom stereocenters. The second-order valence-corrected chi connectivity index (χ2v) is 10.8. The molecule has 45 heavy (non-hydrogen) atoms. The van der Waals surface area contributed by atoms with Gasteiger partial charge in [0, 0.05) is 18.4 Å². The smallest absolute Gasteiger partial charge is 0.877 e. The summed E-state index contributed by atoms with van der Waals surface area (Å²) in [5.41, 5.74) is 8.77. The number of ether oxygens (including phenoxy) is 2. The summed E-state index contributed by atoms with van der Waals surface area (Å²) in [4.78, 5) is 55.7. The maximum Gasteiger partial charge on any atom is 2.00 e. The van der Waals surface area contributed by atoms with Gasteiger partial charge >= 0.3 is 28.4 Å². The Morgan fingerprint density at radius 3 is 2.09 bits per heavy atom. The van der Waals surface area contributed by atoms with Gasteiger partial charge in [-0.2, -0.15) is 0 Å². The van der Waals surface area contributed by atoms with Crippen molar-refractivity contribution in [2.24, 2.45) is 15.0 Å². The van der Waals surface area contributed by atoms with Crippen LogP contribution in [0.3, 0.4) is 0 Å². The van der Waals surface area contributed by atoms with Crippen molar-refractivity contribution in [3.8, 4) is 0 Å². The molecule has 0 spiro atoms. The van der Waals surface area contributed by atoms with Gasteiger partial charge in [0.1, 0.15) is 0 Å². The molecule has 0 N–H and O–H groups in total. The number of allylic oxidation sites excluding steroid dienone is 8. The summed E-state index contributed by atoms with van der Waals surface area (Å²) >= 11 is 0. The Morgan fingerprint density at radius 2 is 1.44 bits per heavy atom. The van der Waals surface area contributed by atoms with Crippen LogP contribution in [0.1, 0.15) is 51.2 Å². The van der Waals surface area contributed by atoms with Gasteiger partial charge in [-0.05, 0) is 80.6 Å². The van der Waals surface area contributed by atoms with E-state index in [9.17, 15) is 19.5 Å². The first kappa shape index (κ1) is 33.3. The van der Waals surface area contributed by atoms with Gasteiger partial charge in [0.25, 0.3) is 0 Å². The predicted molar refractivity (Wildman–Crippen MR) is 165 cm³/mol. The van der Waals surface area contributed by atoms with Crippen LogP contribution in [0.2, 0.25) is 0 Å². The van der Waals surface area contributed by atoms with E-state index in [1.807, 2.05) is 32.9 Å². The average molecular weight is 651 g/mol. The minimum Gasteiger partial charge on any atom is -0.877 e. The van der Waals surface area contributed by atoms with Crippen molar-refractivity contribution in [3.63, 3.8) is 0 Å². The molecule has 5 rings (SSSR count). The van der Waals surface area contributed by atoms with Crippen molar-refractivity contribution in [3.05, 3.63) is 90.8 Å². The first-order valence-electron chi connectivity index (χ1n) is 14.2. The quantitative estimate of drug-likeness (QED) is 0.190. The van der Waals surface area contributed by atoms with Crippen molar-refractivity contribution in [1.82, 2.24) is 4.98 Å². The summed E-state index contributed by atoms with van der Waals surface area (Å²) in [7, 11) is 2.70. The van der Waals surface area contributed by atoms with Crippen LogP contribution in [-0.4, -0.2) is 49.6 Å². The van der Waals surface area contributed by atoms with Crippen LogP contribution in [-0.2, 0) is 46.8 Å². The van der Waals surface area contributed by atoms with Crippen LogP contribution in [0.15, 0.2) is 83.9 Å². The van der Waals surface area contributed by atoms with E-state index in [4.69, 9.17) is 29.4 Å². The minimum absolute atomic E-state index is 0. The maximum atomic E-state index is 12.2. The van der Waals surface area contributed by atoms with Crippen LogP contribution in [0.4, 0.5) is 0 Å². The molecule has 0 amide bonds. The van der Waals surface area contributed by atoms with Gasteiger partial charge in [-0.3, -0.25) is 14.4 Å². The van der Waals surface area contributed by atoms with Crippen LogP contribution in [0.5, 0.6) is 0 Å². The number of rotatable bonds is 7. The number of nitrogens with zero attached hydrogens (tertiary/aromatic N) is 4. The van der Waals surface area contributed by atoms with Gasteiger partial charge < -0.3 is 19.6 Å². The van der Waals surface area contributed by atoms with Crippen molar-refractivity contribution in [2.75, 3.05) is 14.2 Å². The fourth-order valence-electron chi connectivity index (χ4n) is 5.59. The normalized spacial score (nSPS) is 18.0. The topological polar surface area (TPSA) is 144 Å². The number of carbonyl (C=O) groups excluding carboxylic acids is 3. The zero-order valence-electron chi connectivity index (χ0n) is 25.8. The van der Waals surface area contributed by atoms with E-state index in [0.717, 1.165) is 34.8 Å². The summed E-state index contributed by atoms with van der Waals surface area (Å²) in [6, 6.07) is 0. The van der Waals surface area contributed by atoms with Gasteiger partial charge in [-0.15, -0.1) is 17.0 Å². The third-order valence-electron chi connectivity index (χ3n) is 8.33. The van der Waals surface area contributed by atoms with Crippen molar-refractivity contribution in [2.45, 2.75) is 53.4 Å². The maximum absolute atomic E-state index is 12.2. The number of esters is 2. The molecule has 0 aromatic carbocycles. The zero-order chi connectivity index (χ0) is 31.7. The molecule has 0 saturated carbocycles. The third-order valence-corrected chi connectivity index (χ3v) is 8.33. The van der Waals surface area contributed by atoms with E-state index in [1.165, 1.54) is 14.2 Å². The summed E-state index contributed by atoms with van der Waals surface area (Å²) < 4.78 is 9.78. The Hall–Kier alpha value is -4.63.